The highest BCUT2D eigenvalue weighted by atomic mass is 16.1. The topological polar surface area (TPSA) is 41.1 Å². The Morgan fingerprint density at radius 1 is 1.24 bits per heavy atom. The molecule has 1 atom stereocenters. The van der Waals surface area contributed by atoms with Gasteiger partial charge in [-0.3, -0.25) is 4.79 Å². The maximum absolute atomic E-state index is 11.1. The molecule has 1 unspecified atom stereocenters. The van der Waals surface area contributed by atoms with Crippen LogP contribution in [0.25, 0.3) is 0 Å². The molecule has 1 saturated heterocycles. The van der Waals surface area contributed by atoms with Crippen LogP contribution in [0.4, 0.5) is 0 Å². The van der Waals surface area contributed by atoms with Gasteiger partial charge in [0.25, 0.3) is 0 Å². The molecule has 0 bridgehead atoms. The molecule has 0 aromatic carbocycles. The Hall–Kier alpha value is -0.570. The van der Waals surface area contributed by atoms with Crippen LogP contribution >= 0.6 is 0 Å². The second kappa shape index (κ2) is 5.85. The molecular formula is C14H26N2O. The van der Waals surface area contributed by atoms with Crippen molar-refractivity contribution in [2.75, 3.05) is 6.54 Å². The molecule has 2 rings (SSSR count). The first kappa shape index (κ1) is 12.9. The minimum absolute atomic E-state index is 0.223. The lowest BCUT2D eigenvalue weighted by Crippen LogP contribution is -2.42. The molecule has 0 spiro atoms. The van der Waals surface area contributed by atoms with E-state index in [0.717, 1.165) is 24.8 Å². The highest BCUT2D eigenvalue weighted by Gasteiger charge is 2.25. The van der Waals surface area contributed by atoms with Gasteiger partial charge in [-0.2, -0.15) is 0 Å². The van der Waals surface area contributed by atoms with Crippen molar-refractivity contribution in [1.29, 1.82) is 0 Å². The lowest BCUT2D eigenvalue weighted by molar-refractivity contribution is -0.119. The fourth-order valence-corrected chi connectivity index (χ4v) is 3.13. The van der Waals surface area contributed by atoms with Crippen molar-refractivity contribution in [2.45, 2.75) is 64.5 Å². The number of hydrogen-bond acceptors (Lipinski definition) is 2. The van der Waals surface area contributed by atoms with Gasteiger partial charge in [0.2, 0.25) is 5.91 Å². The third-order valence-electron chi connectivity index (χ3n) is 4.45. The zero-order chi connectivity index (χ0) is 12.3. The second-order valence-corrected chi connectivity index (χ2v) is 6.07. The molecule has 1 aliphatic heterocycles. The summed E-state index contributed by atoms with van der Waals surface area (Å²) < 4.78 is 0. The summed E-state index contributed by atoms with van der Waals surface area (Å²) in [6, 6.07) is 1.06. The summed E-state index contributed by atoms with van der Waals surface area (Å²) in [5.74, 6) is 1.99. The van der Waals surface area contributed by atoms with Gasteiger partial charge in [0, 0.05) is 25.0 Å². The van der Waals surface area contributed by atoms with E-state index in [4.69, 9.17) is 0 Å². The standard InChI is InChI=1S/C14H26N2O/c1-10(2)11-3-5-12(6-4-11)15-9-13-7-8-14(17)16-13/h10-13,15H,3-9H2,1-2H3,(H,16,17). The van der Waals surface area contributed by atoms with E-state index in [2.05, 4.69) is 24.5 Å². The second-order valence-electron chi connectivity index (χ2n) is 6.07. The van der Waals surface area contributed by atoms with E-state index >= 15 is 0 Å². The van der Waals surface area contributed by atoms with E-state index in [1.807, 2.05) is 0 Å². The Labute approximate surface area is 105 Å². The van der Waals surface area contributed by atoms with E-state index in [-0.39, 0.29) is 5.91 Å². The lowest BCUT2D eigenvalue weighted by Gasteiger charge is -2.32. The summed E-state index contributed by atoms with van der Waals surface area (Å²) in [6.45, 7) is 5.64. The Bertz CT molecular complexity index is 257. The van der Waals surface area contributed by atoms with Crippen molar-refractivity contribution >= 4 is 5.91 Å². The maximum Gasteiger partial charge on any atom is 0.220 e. The van der Waals surface area contributed by atoms with Gasteiger partial charge in [-0.25, -0.2) is 0 Å². The number of amides is 1. The smallest absolute Gasteiger partial charge is 0.220 e. The Kier molecular flexibility index (Phi) is 4.43. The van der Waals surface area contributed by atoms with Gasteiger partial charge in [0.15, 0.2) is 0 Å². The van der Waals surface area contributed by atoms with Crippen molar-refractivity contribution in [2.24, 2.45) is 11.8 Å². The summed E-state index contributed by atoms with van der Waals surface area (Å²) in [5.41, 5.74) is 0. The summed E-state index contributed by atoms with van der Waals surface area (Å²) in [4.78, 5) is 11.1. The normalized spacial score (nSPS) is 34.1. The molecule has 0 radical (unpaired) electrons. The average molecular weight is 238 g/mol. The quantitative estimate of drug-likeness (QED) is 0.787. The van der Waals surface area contributed by atoms with Crippen LogP contribution in [0.1, 0.15) is 52.4 Å². The molecule has 2 fully saturated rings. The fraction of sp³-hybridized carbons (Fsp3) is 0.929. The summed E-state index contributed by atoms with van der Waals surface area (Å²) in [6.07, 6.45) is 7.07. The van der Waals surface area contributed by atoms with Crippen molar-refractivity contribution in [1.82, 2.24) is 10.6 Å². The largest absolute Gasteiger partial charge is 0.352 e. The van der Waals surface area contributed by atoms with Gasteiger partial charge in [0.1, 0.15) is 0 Å². The van der Waals surface area contributed by atoms with Gasteiger partial charge < -0.3 is 10.6 Å². The van der Waals surface area contributed by atoms with Gasteiger partial charge >= 0.3 is 0 Å². The lowest BCUT2D eigenvalue weighted by atomic mass is 9.79. The van der Waals surface area contributed by atoms with Crippen molar-refractivity contribution in [3.63, 3.8) is 0 Å². The van der Waals surface area contributed by atoms with Crippen molar-refractivity contribution in [3.05, 3.63) is 0 Å². The average Bonchev–Trinajstić information content (AvgIpc) is 2.73. The molecule has 3 heteroatoms. The Balaban J connectivity index is 1.63. The molecule has 3 nitrogen and oxygen atoms in total. The molecular weight excluding hydrogens is 212 g/mol. The van der Waals surface area contributed by atoms with E-state index in [1.165, 1.54) is 25.7 Å². The van der Waals surface area contributed by atoms with E-state index in [1.54, 1.807) is 0 Å². The molecule has 98 valence electrons. The van der Waals surface area contributed by atoms with Crippen LogP contribution in [-0.4, -0.2) is 24.5 Å². The van der Waals surface area contributed by atoms with Gasteiger partial charge in [0.05, 0.1) is 0 Å². The molecule has 1 aliphatic carbocycles. The summed E-state index contributed by atoms with van der Waals surface area (Å²) in [5, 5.41) is 6.65. The first-order valence-electron chi connectivity index (χ1n) is 7.18. The molecule has 1 saturated carbocycles. The molecule has 1 amide bonds. The highest BCUT2D eigenvalue weighted by molar-refractivity contribution is 5.78. The molecule has 2 N–H and O–H groups in total. The Morgan fingerprint density at radius 3 is 2.47 bits per heavy atom. The van der Waals surface area contributed by atoms with Crippen molar-refractivity contribution in [3.8, 4) is 0 Å². The zero-order valence-electron chi connectivity index (χ0n) is 11.2. The number of carbonyl (C=O) groups is 1. The fourth-order valence-electron chi connectivity index (χ4n) is 3.13. The van der Waals surface area contributed by atoms with Crippen LogP contribution in [0.2, 0.25) is 0 Å². The zero-order valence-corrected chi connectivity index (χ0v) is 11.2. The number of rotatable bonds is 4. The minimum atomic E-state index is 0.223. The molecule has 0 aromatic rings. The van der Waals surface area contributed by atoms with E-state index < -0.39 is 0 Å². The predicted octanol–water partition coefficient (Wildman–Crippen LogP) is 2.07. The monoisotopic (exact) mass is 238 g/mol. The van der Waals surface area contributed by atoms with Crippen LogP contribution in [0.15, 0.2) is 0 Å². The molecule has 1 heterocycles. The van der Waals surface area contributed by atoms with Crippen molar-refractivity contribution < 1.29 is 4.79 Å². The third kappa shape index (κ3) is 3.70. The molecule has 17 heavy (non-hydrogen) atoms. The van der Waals surface area contributed by atoms with Gasteiger partial charge in [-0.05, 0) is 43.9 Å². The molecule has 2 aliphatic rings. The predicted molar refractivity (Wildman–Crippen MR) is 69.8 cm³/mol. The maximum atomic E-state index is 11.1. The van der Waals surface area contributed by atoms with E-state index in [9.17, 15) is 4.79 Å². The minimum Gasteiger partial charge on any atom is -0.352 e. The van der Waals surface area contributed by atoms with Crippen LogP contribution in [0, 0.1) is 11.8 Å². The SMILES string of the molecule is CC(C)C1CCC(NCC2CCC(=O)N2)CC1. The first-order chi connectivity index (χ1) is 8.15. The van der Waals surface area contributed by atoms with Crippen LogP contribution in [-0.2, 0) is 4.79 Å². The summed E-state index contributed by atoms with van der Waals surface area (Å²) >= 11 is 0. The Morgan fingerprint density at radius 2 is 1.94 bits per heavy atom. The first-order valence-corrected chi connectivity index (χ1v) is 7.18. The highest BCUT2D eigenvalue weighted by Crippen LogP contribution is 2.29. The van der Waals surface area contributed by atoms with Gasteiger partial charge in [-0.15, -0.1) is 0 Å². The van der Waals surface area contributed by atoms with Crippen LogP contribution in [0.5, 0.6) is 0 Å². The number of hydrogen-bond donors (Lipinski definition) is 2. The van der Waals surface area contributed by atoms with E-state index in [0.29, 0.717) is 18.5 Å². The summed E-state index contributed by atoms with van der Waals surface area (Å²) in [7, 11) is 0. The van der Waals surface area contributed by atoms with Crippen LogP contribution in [0.3, 0.4) is 0 Å². The third-order valence-corrected chi connectivity index (χ3v) is 4.45. The van der Waals surface area contributed by atoms with Gasteiger partial charge in [-0.1, -0.05) is 13.8 Å². The number of carbonyl (C=O) groups excluding carboxylic acids is 1. The molecule has 0 aromatic heterocycles. The van der Waals surface area contributed by atoms with Crippen LogP contribution < -0.4 is 10.6 Å². The number of nitrogens with one attached hydrogen (secondary N) is 2.